The third kappa shape index (κ3) is 3.39. The van der Waals surface area contributed by atoms with Gasteiger partial charge in [0.1, 0.15) is 0 Å². The fourth-order valence-electron chi connectivity index (χ4n) is 2.44. The second-order valence-electron chi connectivity index (χ2n) is 5.24. The van der Waals surface area contributed by atoms with E-state index in [2.05, 4.69) is 30.3 Å². The van der Waals surface area contributed by atoms with Crippen molar-refractivity contribution in [2.24, 2.45) is 7.05 Å². The number of aromatic nitrogens is 5. The van der Waals surface area contributed by atoms with Gasteiger partial charge in [-0.15, -0.1) is 0 Å². The fraction of sp³-hybridized carbons (Fsp3) is 0.538. The van der Waals surface area contributed by atoms with E-state index in [1.807, 2.05) is 19.4 Å². The molecule has 3 N–H and O–H groups in total. The molecular formula is C13H20N8. The van der Waals surface area contributed by atoms with Crippen molar-refractivity contribution in [1.29, 1.82) is 0 Å². The van der Waals surface area contributed by atoms with E-state index in [-0.39, 0.29) is 5.95 Å². The van der Waals surface area contributed by atoms with Gasteiger partial charge in [0.2, 0.25) is 17.8 Å². The number of piperidine rings is 1. The van der Waals surface area contributed by atoms with Crippen molar-refractivity contribution in [1.82, 2.24) is 24.7 Å². The predicted molar refractivity (Wildman–Crippen MR) is 80.8 cm³/mol. The van der Waals surface area contributed by atoms with E-state index >= 15 is 0 Å². The minimum atomic E-state index is 0.249. The minimum absolute atomic E-state index is 0.249. The number of hydrogen-bond donors (Lipinski definition) is 2. The lowest BCUT2D eigenvalue weighted by molar-refractivity contribution is 0.568. The molecule has 0 bridgehead atoms. The number of nitrogens with zero attached hydrogens (tertiary/aromatic N) is 6. The summed E-state index contributed by atoms with van der Waals surface area (Å²) in [4.78, 5) is 15.0. The zero-order valence-electron chi connectivity index (χ0n) is 12.2. The predicted octanol–water partition coefficient (Wildman–Crippen LogP) is 0.790. The summed E-state index contributed by atoms with van der Waals surface area (Å²) >= 11 is 0. The quantitative estimate of drug-likeness (QED) is 0.858. The minimum Gasteiger partial charge on any atom is -0.368 e. The van der Waals surface area contributed by atoms with Crippen LogP contribution in [0.4, 0.5) is 17.8 Å². The zero-order valence-corrected chi connectivity index (χ0v) is 12.2. The molecule has 0 unspecified atom stereocenters. The lowest BCUT2D eigenvalue weighted by Gasteiger charge is -2.26. The maximum absolute atomic E-state index is 5.79. The number of nitrogen functional groups attached to an aromatic ring is 1. The summed E-state index contributed by atoms with van der Waals surface area (Å²) < 4.78 is 1.76. The van der Waals surface area contributed by atoms with Crippen LogP contribution >= 0.6 is 0 Å². The van der Waals surface area contributed by atoms with Crippen LogP contribution in [0.2, 0.25) is 0 Å². The highest BCUT2D eigenvalue weighted by Crippen LogP contribution is 2.17. The first-order valence-corrected chi connectivity index (χ1v) is 7.18. The molecule has 0 spiro atoms. The van der Waals surface area contributed by atoms with Gasteiger partial charge in [0.25, 0.3) is 0 Å². The number of hydrogen-bond acceptors (Lipinski definition) is 7. The van der Waals surface area contributed by atoms with E-state index in [4.69, 9.17) is 5.73 Å². The van der Waals surface area contributed by atoms with E-state index < -0.39 is 0 Å². The molecule has 0 aromatic carbocycles. The average Bonchev–Trinajstić information content (AvgIpc) is 2.91. The molecule has 0 amide bonds. The molecule has 8 nitrogen and oxygen atoms in total. The molecule has 1 saturated heterocycles. The van der Waals surface area contributed by atoms with Crippen LogP contribution in [0.3, 0.4) is 0 Å². The molecule has 3 heterocycles. The topological polar surface area (TPSA) is 97.8 Å². The van der Waals surface area contributed by atoms with Crippen molar-refractivity contribution in [3.63, 3.8) is 0 Å². The molecule has 2 aromatic heterocycles. The highest BCUT2D eigenvalue weighted by atomic mass is 15.3. The van der Waals surface area contributed by atoms with Crippen LogP contribution in [0.25, 0.3) is 0 Å². The largest absolute Gasteiger partial charge is 0.368 e. The van der Waals surface area contributed by atoms with Crippen LogP contribution in [0.15, 0.2) is 12.4 Å². The SMILES string of the molecule is Cn1cc(CNc2nc(N)nc(N3CCCCC3)n2)cn1. The number of nitrogens with one attached hydrogen (secondary N) is 1. The Morgan fingerprint density at radius 2 is 2.00 bits per heavy atom. The molecule has 1 aliphatic rings. The van der Waals surface area contributed by atoms with Gasteiger partial charge >= 0.3 is 0 Å². The molecule has 0 aliphatic carbocycles. The average molecular weight is 288 g/mol. The number of anilines is 3. The number of nitrogens with two attached hydrogens (primary N) is 1. The highest BCUT2D eigenvalue weighted by molar-refractivity contribution is 5.42. The van der Waals surface area contributed by atoms with Crippen LogP contribution < -0.4 is 16.0 Å². The maximum atomic E-state index is 5.79. The van der Waals surface area contributed by atoms with Crippen LogP contribution in [0.5, 0.6) is 0 Å². The first kappa shape index (κ1) is 13.6. The number of rotatable bonds is 4. The molecule has 0 atom stereocenters. The lowest BCUT2D eigenvalue weighted by atomic mass is 10.1. The van der Waals surface area contributed by atoms with Gasteiger partial charge in [0, 0.05) is 38.4 Å². The standard InChI is InChI=1S/C13H20N8/c1-20-9-10(8-16-20)7-15-12-17-11(14)18-13(19-12)21-5-3-2-4-6-21/h8-9H,2-7H2,1H3,(H3,14,15,17,18,19). The Morgan fingerprint density at radius 1 is 1.19 bits per heavy atom. The van der Waals surface area contributed by atoms with Gasteiger partial charge in [-0.3, -0.25) is 4.68 Å². The Labute approximate surface area is 123 Å². The van der Waals surface area contributed by atoms with Crippen molar-refractivity contribution < 1.29 is 0 Å². The third-order valence-electron chi connectivity index (χ3n) is 3.49. The Morgan fingerprint density at radius 3 is 2.71 bits per heavy atom. The molecule has 112 valence electrons. The van der Waals surface area contributed by atoms with Crippen LogP contribution in [-0.2, 0) is 13.6 Å². The first-order chi connectivity index (χ1) is 10.2. The Hall–Kier alpha value is -2.38. The third-order valence-corrected chi connectivity index (χ3v) is 3.49. The summed E-state index contributed by atoms with van der Waals surface area (Å²) in [6.07, 6.45) is 7.36. The number of aryl methyl sites for hydroxylation is 1. The summed E-state index contributed by atoms with van der Waals surface area (Å²) in [6.45, 7) is 2.56. The molecule has 1 fully saturated rings. The molecule has 0 saturated carbocycles. The smallest absolute Gasteiger partial charge is 0.231 e. The normalized spacial score (nSPS) is 15.2. The molecule has 8 heteroatoms. The van der Waals surface area contributed by atoms with Crippen molar-refractivity contribution in [3.8, 4) is 0 Å². The second-order valence-corrected chi connectivity index (χ2v) is 5.24. The maximum Gasteiger partial charge on any atom is 0.231 e. The first-order valence-electron chi connectivity index (χ1n) is 7.18. The lowest BCUT2D eigenvalue weighted by Crippen LogP contribution is -2.31. The summed E-state index contributed by atoms with van der Waals surface area (Å²) in [5.41, 5.74) is 6.86. The Bertz CT molecular complexity index is 602. The molecule has 0 radical (unpaired) electrons. The second kappa shape index (κ2) is 5.94. The van der Waals surface area contributed by atoms with Gasteiger partial charge < -0.3 is 16.0 Å². The Balaban J connectivity index is 1.71. The van der Waals surface area contributed by atoms with Gasteiger partial charge in [-0.05, 0) is 19.3 Å². The van der Waals surface area contributed by atoms with E-state index in [0.717, 1.165) is 18.7 Å². The molecule has 1 aliphatic heterocycles. The Kier molecular flexibility index (Phi) is 3.85. The van der Waals surface area contributed by atoms with E-state index in [9.17, 15) is 0 Å². The van der Waals surface area contributed by atoms with Crippen molar-refractivity contribution >= 4 is 17.8 Å². The summed E-state index contributed by atoms with van der Waals surface area (Å²) in [5.74, 6) is 1.42. The van der Waals surface area contributed by atoms with Gasteiger partial charge in [-0.25, -0.2) is 0 Å². The summed E-state index contributed by atoms with van der Waals surface area (Å²) in [7, 11) is 1.89. The fourth-order valence-corrected chi connectivity index (χ4v) is 2.44. The van der Waals surface area contributed by atoms with E-state index in [1.165, 1.54) is 19.3 Å². The van der Waals surface area contributed by atoms with Gasteiger partial charge in [0.05, 0.1) is 6.20 Å². The zero-order chi connectivity index (χ0) is 14.7. The van der Waals surface area contributed by atoms with Gasteiger partial charge in [-0.2, -0.15) is 20.1 Å². The monoisotopic (exact) mass is 288 g/mol. The van der Waals surface area contributed by atoms with Gasteiger partial charge in [-0.1, -0.05) is 0 Å². The van der Waals surface area contributed by atoms with Crippen LogP contribution in [0.1, 0.15) is 24.8 Å². The van der Waals surface area contributed by atoms with Crippen LogP contribution in [0, 0.1) is 0 Å². The van der Waals surface area contributed by atoms with Crippen LogP contribution in [-0.4, -0.2) is 37.8 Å². The van der Waals surface area contributed by atoms with E-state index in [0.29, 0.717) is 18.4 Å². The highest BCUT2D eigenvalue weighted by Gasteiger charge is 2.15. The van der Waals surface area contributed by atoms with Crippen molar-refractivity contribution in [2.75, 3.05) is 29.0 Å². The molecule has 2 aromatic rings. The summed E-state index contributed by atoms with van der Waals surface area (Å²) in [6, 6.07) is 0. The molecule has 3 rings (SSSR count). The summed E-state index contributed by atoms with van der Waals surface area (Å²) in [5, 5.41) is 7.30. The van der Waals surface area contributed by atoms with Gasteiger partial charge in [0.15, 0.2) is 0 Å². The van der Waals surface area contributed by atoms with E-state index in [1.54, 1.807) is 4.68 Å². The molecule has 21 heavy (non-hydrogen) atoms. The molecular weight excluding hydrogens is 268 g/mol. The van der Waals surface area contributed by atoms with Crippen molar-refractivity contribution in [2.45, 2.75) is 25.8 Å². The van der Waals surface area contributed by atoms with Crippen molar-refractivity contribution in [3.05, 3.63) is 18.0 Å².